The predicted molar refractivity (Wildman–Crippen MR) is 111 cm³/mol. The number of carbonyl (C=O) groups excluding carboxylic acids is 2. The number of amides is 2. The Kier molecular flexibility index (Phi) is 6.53. The van der Waals surface area contributed by atoms with E-state index < -0.39 is 16.1 Å². The summed E-state index contributed by atoms with van der Waals surface area (Å²) in [5, 5.41) is 2.85. The Balaban J connectivity index is 1.69. The fourth-order valence-corrected chi connectivity index (χ4v) is 4.39. The summed E-state index contributed by atoms with van der Waals surface area (Å²) in [7, 11) is -3.69. The van der Waals surface area contributed by atoms with E-state index in [0.29, 0.717) is 30.8 Å². The molecule has 1 fully saturated rings. The van der Waals surface area contributed by atoms with Gasteiger partial charge in [-0.2, -0.15) is 0 Å². The second kappa shape index (κ2) is 9.09. The van der Waals surface area contributed by atoms with Crippen LogP contribution in [0.5, 0.6) is 0 Å². The van der Waals surface area contributed by atoms with E-state index in [9.17, 15) is 18.0 Å². The van der Waals surface area contributed by atoms with Gasteiger partial charge in [-0.3, -0.25) is 14.3 Å². The van der Waals surface area contributed by atoms with Crippen LogP contribution in [0, 0.1) is 0 Å². The number of likely N-dealkylation sites (tertiary alicyclic amines) is 1. The third-order valence-corrected chi connectivity index (χ3v) is 6.20. The van der Waals surface area contributed by atoms with E-state index in [2.05, 4.69) is 10.0 Å². The van der Waals surface area contributed by atoms with E-state index in [4.69, 9.17) is 0 Å². The van der Waals surface area contributed by atoms with E-state index in [1.54, 1.807) is 47.4 Å². The average molecular weight is 416 g/mol. The molecular weight excluding hydrogens is 390 g/mol. The molecule has 2 aromatic carbocycles. The second-order valence-electron chi connectivity index (χ2n) is 6.94. The molecular formula is C21H25N3O4S. The number of nitrogens with zero attached hydrogens (tertiary/aromatic N) is 1. The molecule has 1 aliphatic heterocycles. The fourth-order valence-electron chi connectivity index (χ4n) is 3.31. The molecule has 3 rings (SSSR count). The molecule has 8 heteroatoms. The highest BCUT2D eigenvalue weighted by Gasteiger charge is 2.34. The van der Waals surface area contributed by atoms with E-state index >= 15 is 0 Å². The summed E-state index contributed by atoms with van der Waals surface area (Å²) in [5.74, 6) is -0.346. The molecule has 2 amide bonds. The van der Waals surface area contributed by atoms with Gasteiger partial charge in [0.05, 0.1) is 4.90 Å². The quantitative estimate of drug-likeness (QED) is 0.727. The van der Waals surface area contributed by atoms with E-state index in [1.807, 2.05) is 6.92 Å². The van der Waals surface area contributed by atoms with Crippen LogP contribution < -0.4 is 10.0 Å². The van der Waals surface area contributed by atoms with Gasteiger partial charge in [-0.1, -0.05) is 25.1 Å². The van der Waals surface area contributed by atoms with Gasteiger partial charge in [0.1, 0.15) is 6.04 Å². The molecule has 0 spiro atoms. The van der Waals surface area contributed by atoms with Crippen LogP contribution in [0.3, 0.4) is 0 Å². The summed E-state index contributed by atoms with van der Waals surface area (Å²) in [4.78, 5) is 26.9. The first kappa shape index (κ1) is 20.9. The Labute approximate surface area is 171 Å². The minimum Gasteiger partial charge on any atom is -0.354 e. The van der Waals surface area contributed by atoms with E-state index in [0.717, 1.165) is 12.8 Å². The summed E-state index contributed by atoms with van der Waals surface area (Å²) >= 11 is 0. The molecule has 1 heterocycles. The first-order valence-corrected chi connectivity index (χ1v) is 11.2. The molecule has 0 aromatic heterocycles. The minimum atomic E-state index is -3.69. The molecule has 0 unspecified atom stereocenters. The topological polar surface area (TPSA) is 95.6 Å². The minimum absolute atomic E-state index is 0.120. The SMILES string of the molecule is CCCNC(=O)[C@@H]1CCCN1C(=O)c1ccc(NS(=O)(=O)c2ccccc2)cc1. The highest BCUT2D eigenvalue weighted by atomic mass is 32.2. The molecule has 1 aliphatic rings. The van der Waals surface area contributed by atoms with Crippen molar-refractivity contribution in [3.05, 3.63) is 60.2 Å². The third-order valence-electron chi connectivity index (χ3n) is 4.80. The summed E-state index contributed by atoms with van der Waals surface area (Å²) < 4.78 is 27.3. The van der Waals surface area contributed by atoms with Crippen molar-refractivity contribution < 1.29 is 18.0 Å². The van der Waals surface area contributed by atoms with Gasteiger partial charge >= 0.3 is 0 Å². The van der Waals surface area contributed by atoms with Gasteiger partial charge in [0.15, 0.2) is 0 Å². The van der Waals surface area contributed by atoms with Crippen molar-refractivity contribution >= 4 is 27.5 Å². The Bertz CT molecular complexity index is 959. The maximum absolute atomic E-state index is 12.9. The molecule has 2 N–H and O–H groups in total. The smallest absolute Gasteiger partial charge is 0.261 e. The first-order chi connectivity index (χ1) is 13.9. The Morgan fingerprint density at radius 1 is 1.07 bits per heavy atom. The second-order valence-corrected chi connectivity index (χ2v) is 8.63. The number of anilines is 1. The highest BCUT2D eigenvalue weighted by molar-refractivity contribution is 7.92. The van der Waals surface area contributed by atoms with Crippen LogP contribution in [0.4, 0.5) is 5.69 Å². The lowest BCUT2D eigenvalue weighted by Gasteiger charge is -2.24. The average Bonchev–Trinajstić information content (AvgIpc) is 3.22. The number of hydrogen-bond acceptors (Lipinski definition) is 4. The zero-order chi connectivity index (χ0) is 20.9. The van der Waals surface area contributed by atoms with Crippen LogP contribution >= 0.6 is 0 Å². The van der Waals surface area contributed by atoms with Gasteiger partial charge in [0.25, 0.3) is 15.9 Å². The number of benzene rings is 2. The van der Waals surface area contributed by atoms with Crippen LogP contribution in [0.1, 0.15) is 36.5 Å². The lowest BCUT2D eigenvalue weighted by atomic mass is 10.1. The van der Waals surface area contributed by atoms with Crippen molar-refractivity contribution in [2.24, 2.45) is 0 Å². The Hall–Kier alpha value is -2.87. The molecule has 1 atom stereocenters. The van der Waals surface area contributed by atoms with Crippen LogP contribution in [0.15, 0.2) is 59.5 Å². The maximum atomic E-state index is 12.9. The Morgan fingerprint density at radius 2 is 1.76 bits per heavy atom. The number of rotatable bonds is 7. The van der Waals surface area contributed by atoms with Crippen molar-refractivity contribution in [2.45, 2.75) is 37.1 Å². The van der Waals surface area contributed by atoms with Crippen molar-refractivity contribution in [3.63, 3.8) is 0 Å². The Morgan fingerprint density at radius 3 is 2.41 bits per heavy atom. The summed E-state index contributed by atoms with van der Waals surface area (Å²) in [6.07, 6.45) is 2.27. The highest BCUT2D eigenvalue weighted by Crippen LogP contribution is 2.22. The van der Waals surface area contributed by atoms with Crippen LogP contribution in [-0.2, 0) is 14.8 Å². The molecule has 0 aliphatic carbocycles. The monoisotopic (exact) mass is 415 g/mol. The molecule has 0 saturated carbocycles. The fraction of sp³-hybridized carbons (Fsp3) is 0.333. The van der Waals surface area contributed by atoms with Gasteiger partial charge in [0.2, 0.25) is 5.91 Å². The molecule has 154 valence electrons. The summed E-state index contributed by atoms with van der Waals surface area (Å²) in [6, 6.07) is 13.9. The molecule has 29 heavy (non-hydrogen) atoms. The predicted octanol–water partition coefficient (Wildman–Crippen LogP) is 2.62. The first-order valence-electron chi connectivity index (χ1n) is 9.69. The van der Waals surface area contributed by atoms with Crippen LogP contribution in [-0.4, -0.2) is 44.3 Å². The largest absolute Gasteiger partial charge is 0.354 e. The maximum Gasteiger partial charge on any atom is 0.261 e. The van der Waals surface area contributed by atoms with Crippen molar-refractivity contribution in [1.82, 2.24) is 10.2 Å². The van der Waals surface area contributed by atoms with Gasteiger partial charge < -0.3 is 10.2 Å². The van der Waals surface area contributed by atoms with Crippen molar-refractivity contribution in [1.29, 1.82) is 0 Å². The van der Waals surface area contributed by atoms with Gasteiger partial charge in [-0.15, -0.1) is 0 Å². The van der Waals surface area contributed by atoms with E-state index in [1.165, 1.54) is 12.1 Å². The molecule has 0 radical (unpaired) electrons. The zero-order valence-corrected chi connectivity index (χ0v) is 17.1. The van der Waals surface area contributed by atoms with Gasteiger partial charge in [0, 0.05) is 24.3 Å². The number of carbonyl (C=O) groups is 2. The van der Waals surface area contributed by atoms with Crippen molar-refractivity contribution in [3.8, 4) is 0 Å². The molecule has 2 aromatic rings. The molecule has 7 nitrogen and oxygen atoms in total. The van der Waals surface area contributed by atoms with Gasteiger partial charge in [-0.05, 0) is 55.7 Å². The normalized spacial score (nSPS) is 16.4. The van der Waals surface area contributed by atoms with Crippen molar-refractivity contribution in [2.75, 3.05) is 17.8 Å². The molecule has 1 saturated heterocycles. The zero-order valence-electron chi connectivity index (χ0n) is 16.3. The number of nitrogens with one attached hydrogen (secondary N) is 2. The van der Waals surface area contributed by atoms with E-state index in [-0.39, 0.29) is 16.7 Å². The number of hydrogen-bond donors (Lipinski definition) is 2. The lowest BCUT2D eigenvalue weighted by molar-refractivity contribution is -0.124. The standard InChI is InChI=1S/C21H25N3O4S/c1-2-14-22-20(25)19-9-6-15-24(19)21(26)16-10-12-17(13-11-16)23-29(27,28)18-7-4-3-5-8-18/h3-5,7-8,10-13,19,23H,2,6,9,14-15H2,1H3,(H,22,25)/t19-/m0/s1. The van der Waals surface area contributed by atoms with Crippen LogP contribution in [0.25, 0.3) is 0 Å². The van der Waals surface area contributed by atoms with Crippen LogP contribution in [0.2, 0.25) is 0 Å². The number of sulfonamides is 1. The third kappa shape index (κ3) is 4.95. The lowest BCUT2D eigenvalue weighted by Crippen LogP contribution is -2.46. The molecule has 0 bridgehead atoms. The van der Waals surface area contributed by atoms with Gasteiger partial charge in [-0.25, -0.2) is 8.42 Å². The summed E-state index contributed by atoms with van der Waals surface area (Å²) in [6.45, 7) is 3.10. The summed E-state index contributed by atoms with van der Waals surface area (Å²) in [5.41, 5.74) is 0.784.